The average molecular weight is 249 g/mol. The number of amides is 1. The van der Waals surface area contributed by atoms with Gasteiger partial charge in [0.05, 0.1) is 0 Å². The van der Waals surface area contributed by atoms with Gasteiger partial charge in [-0.1, -0.05) is 31.5 Å². The summed E-state index contributed by atoms with van der Waals surface area (Å²) in [6.45, 7) is 6.12. The quantitative estimate of drug-likeness (QED) is 0.876. The number of nitrogens with one attached hydrogen (secondary N) is 1. The minimum Gasteiger partial charge on any atom is -0.350 e. The van der Waals surface area contributed by atoms with E-state index in [0.717, 1.165) is 12.0 Å². The molecular formula is C15H20FNO. The SMILES string of the molecule is Cc1ccc(F)c(CC2(C(C)C)CCC(=O)N2)c1. The van der Waals surface area contributed by atoms with Crippen molar-refractivity contribution in [3.8, 4) is 0 Å². The van der Waals surface area contributed by atoms with E-state index in [2.05, 4.69) is 19.2 Å². The van der Waals surface area contributed by atoms with Crippen LogP contribution in [0.25, 0.3) is 0 Å². The Bertz CT molecular complexity index is 470. The van der Waals surface area contributed by atoms with E-state index in [0.29, 0.717) is 24.3 Å². The zero-order valence-electron chi connectivity index (χ0n) is 11.2. The fraction of sp³-hybridized carbons (Fsp3) is 0.533. The lowest BCUT2D eigenvalue weighted by Gasteiger charge is -2.34. The molecule has 0 bridgehead atoms. The maximum Gasteiger partial charge on any atom is 0.220 e. The van der Waals surface area contributed by atoms with Gasteiger partial charge in [-0.2, -0.15) is 0 Å². The Morgan fingerprint density at radius 3 is 2.72 bits per heavy atom. The zero-order chi connectivity index (χ0) is 13.3. The van der Waals surface area contributed by atoms with Gasteiger partial charge in [0.1, 0.15) is 5.82 Å². The molecule has 0 spiro atoms. The van der Waals surface area contributed by atoms with E-state index in [9.17, 15) is 9.18 Å². The summed E-state index contributed by atoms with van der Waals surface area (Å²) < 4.78 is 13.8. The van der Waals surface area contributed by atoms with Crippen molar-refractivity contribution in [3.63, 3.8) is 0 Å². The summed E-state index contributed by atoms with van der Waals surface area (Å²) in [5, 5.41) is 3.06. The molecule has 3 heteroatoms. The molecule has 1 aliphatic rings. The Hall–Kier alpha value is -1.38. The largest absolute Gasteiger partial charge is 0.350 e. The van der Waals surface area contributed by atoms with Crippen molar-refractivity contribution in [1.82, 2.24) is 5.32 Å². The summed E-state index contributed by atoms with van der Waals surface area (Å²) in [4.78, 5) is 11.5. The van der Waals surface area contributed by atoms with E-state index in [-0.39, 0.29) is 17.3 Å². The summed E-state index contributed by atoms with van der Waals surface area (Å²) in [6.07, 6.45) is 1.91. The molecule has 1 atom stereocenters. The first-order valence-corrected chi connectivity index (χ1v) is 6.49. The third-order valence-electron chi connectivity index (χ3n) is 4.00. The Morgan fingerprint density at radius 2 is 2.17 bits per heavy atom. The van der Waals surface area contributed by atoms with Gasteiger partial charge in [-0.3, -0.25) is 4.79 Å². The smallest absolute Gasteiger partial charge is 0.220 e. The van der Waals surface area contributed by atoms with Gasteiger partial charge in [0.2, 0.25) is 5.91 Å². The molecule has 1 amide bonds. The summed E-state index contributed by atoms with van der Waals surface area (Å²) in [5.41, 5.74) is 1.46. The number of aryl methyl sites for hydroxylation is 1. The lowest BCUT2D eigenvalue weighted by Crippen LogP contribution is -2.48. The van der Waals surface area contributed by atoms with Crippen LogP contribution in [0.3, 0.4) is 0 Å². The number of carbonyl (C=O) groups is 1. The Morgan fingerprint density at radius 1 is 1.44 bits per heavy atom. The molecule has 2 nitrogen and oxygen atoms in total. The molecule has 2 rings (SSSR count). The van der Waals surface area contributed by atoms with Crippen LogP contribution in [-0.4, -0.2) is 11.4 Å². The first-order chi connectivity index (χ1) is 8.43. The summed E-state index contributed by atoms with van der Waals surface area (Å²) >= 11 is 0. The summed E-state index contributed by atoms with van der Waals surface area (Å²) in [6, 6.07) is 5.16. The topological polar surface area (TPSA) is 29.1 Å². The monoisotopic (exact) mass is 249 g/mol. The molecule has 1 aromatic carbocycles. The van der Waals surface area contributed by atoms with Gasteiger partial charge >= 0.3 is 0 Å². The van der Waals surface area contributed by atoms with Crippen LogP contribution in [-0.2, 0) is 11.2 Å². The maximum atomic E-state index is 13.8. The van der Waals surface area contributed by atoms with Crippen LogP contribution in [0.5, 0.6) is 0 Å². The van der Waals surface area contributed by atoms with Crippen LogP contribution in [0.4, 0.5) is 4.39 Å². The number of rotatable bonds is 3. The van der Waals surface area contributed by atoms with E-state index in [1.807, 2.05) is 13.0 Å². The Kier molecular flexibility index (Phi) is 3.42. The highest BCUT2D eigenvalue weighted by Crippen LogP contribution is 2.32. The number of halogens is 1. The summed E-state index contributed by atoms with van der Waals surface area (Å²) in [7, 11) is 0. The molecule has 0 aromatic heterocycles. The van der Waals surface area contributed by atoms with Gasteiger partial charge in [-0.15, -0.1) is 0 Å². The predicted molar refractivity (Wildman–Crippen MR) is 69.8 cm³/mol. The van der Waals surface area contributed by atoms with Crippen LogP contribution < -0.4 is 5.32 Å². The number of hydrogen-bond acceptors (Lipinski definition) is 1. The normalized spacial score (nSPS) is 23.5. The van der Waals surface area contributed by atoms with E-state index < -0.39 is 0 Å². The van der Waals surface area contributed by atoms with E-state index >= 15 is 0 Å². The van der Waals surface area contributed by atoms with E-state index in [1.54, 1.807) is 6.07 Å². The van der Waals surface area contributed by atoms with E-state index in [4.69, 9.17) is 0 Å². The molecule has 18 heavy (non-hydrogen) atoms. The molecule has 1 unspecified atom stereocenters. The molecule has 1 fully saturated rings. The highest BCUT2D eigenvalue weighted by molar-refractivity contribution is 5.79. The van der Waals surface area contributed by atoms with Crippen LogP contribution in [0.2, 0.25) is 0 Å². The molecule has 1 heterocycles. The maximum absolute atomic E-state index is 13.8. The van der Waals surface area contributed by atoms with Crippen molar-refractivity contribution in [2.75, 3.05) is 0 Å². The molecule has 98 valence electrons. The Labute approximate surface area is 108 Å². The van der Waals surface area contributed by atoms with Crippen LogP contribution in [0, 0.1) is 18.7 Å². The second kappa shape index (κ2) is 4.71. The highest BCUT2D eigenvalue weighted by atomic mass is 19.1. The molecule has 1 aromatic rings. The number of carbonyl (C=O) groups excluding carboxylic acids is 1. The number of hydrogen-bond donors (Lipinski definition) is 1. The van der Waals surface area contributed by atoms with Crippen LogP contribution in [0.15, 0.2) is 18.2 Å². The van der Waals surface area contributed by atoms with Crippen molar-refractivity contribution < 1.29 is 9.18 Å². The second-order valence-corrected chi connectivity index (χ2v) is 5.63. The van der Waals surface area contributed by atoms with Crippen molar-refractivity contribution >= 4 is 5.91 Å². The van der Waals surface area contributed by atoms with Crippen LogP contribution >= 0.6 is 0 Å². The van der Waals surface area contributed by atoms with Gasteiger partial charge in [0.15, 0.2) is 0 Å². The van der Waals surface area contributed by atoms with Gasteiger partial charge in [0.25, 0.3) is 0 Å². The molecule has 1 N–H and O–H groups in total. The van der Waals surface area contributed by atoms with Crippen molar-refractivity contribution in [1.29, 1.82) is 0 Å². The third-order valence-corrected chi connectivity index (χ3v) is 4.00. The molecule has 1 saturated heterocycles. The lowest BCUT2D eigenvalue weighted by atomic mass is 9.79. The second-order valence-electron chi connectivity index (χ2n) is 5.63. The fourth-order valence-corrected chi connectivity index (χ4v) is 2.69. The zero-order valence-corrected chi connectivity index (χ0v) is 11.2. The summed E-state index contributed by atoms with van der Waals surface area (Å²) in [5.74, 6) is 0.197. The fourth-order valence-electron chi connectivity index (χ4n) is 2.69. The van der Waals surface area contributed by atoms with Gasteiger partial charge in [-0.25, -0.2) is 4.39 Å². The van der Waals surface area contributed by atoms with Crippen molar-refractivity contribution in [2.24, 2.45) is 5.92 Å². The Balaban J connectivity index is 2.30. The predicted octanol–water partition coefficient (Wildman–Crippen LogP) is 2.98. The van der Waals surface area contributed by atoms with Crippen LogP contribution in [0.1, 0.15) is 37.8 Å². The average Bonchev–Trinajstić information content (AvgIpc) is 2.67. The minimum absolute atomic E-state index is 0.0803. The molecular weight excluding hydrogens is 229 g/mol. The third kappa shape index (κ3) is 2.40. The van der Waals surface area contributed by atoms with Crippen molar-refractivity contribution in [3.05, 3.63) is 35.1 Å². The standard InChI is InChI=1S/C15H20FNO/c1-10(2)15(7-6-14(18)17-15)9-12-8-11(3)4-5-13(12)16/h4-5,8,10H,6-7,9H2,1-3H3,(H,17,18). The molecule has 0 saturated carbocycles. The first kappa shape index (κ1) is 13.1. The molecule has 0 radical (unpaired) electrons. The first-order valence-electron chi connectivity index (χ1n) is 6.49. The highest BCUT2D eigenvalue weighted by Gasteiger charge is 2.40. The lowest BCUT2D eigenvalue weighted by molar-refractivity contribution is -0.120. The molecule has 0 aliphatic carbocycles. The van der Waals surface area contributed by atoms with Crippen molar-refractivity contribution in [2.45, 2.75) is 45.6 Å². The van der Waals surface area contributed by atoms with Gasteiger partial charge in [-0.05, 0) is 37.3 Å². The molecule has 1 aliphatic heterocycles. The van der Waals surface area contributed by atoms with Gasteiger partial charge in [0, 0.05) is 12.0 Å². The van der Waals surface area contributed by atoms with Gasteiger partial charge < -0.3 is 5.32 Å². The minimum atomic E-state index is -0.286. The van der Waals surface area contributed by atoms with E-state index in [1.165, 1.54) is 6.07 Å². The number of benzene rings is 1.